The van der Waals surface area contributed by atoms with Crippen LogP contribution < -0.4 is 54.4 Å². The van der Waals surface area contributed by atoms with E-state index in [2.05, 4.69) is 42.2 Å². The summed E-state index contributed by atoms with van der Waals surface area (Å²) in [5, 5.41) is 18.6. The normalized spacial score (nSPS) is 19.0. The SMILES string of the molecule is CSCC[C@H](NC(=O)[C@H](CC(C)C)NC(=O)CN1CCNC(=O)CCC(=O)NCC(=O)N[C@@H](CCCN=C(N)N)C(=O)N[C@H](Cc2ccccc2)C(=O)N[C@@H](Cc2ccccc2)C1=O)C(N)=O. The predicted octanol–water partition coefficient (Wildman–Crippen LogP) is -1.91. The first-order valence-corrected chi connectivity index (χ1v) is 23.6. The summed E-state index contributed by atoms with van der Waals surface area (Å²) >= 11 is 1.47. The van der Waals surface area contributed by atoms with Crippen LogP contribution in [0.4, 0.5) is 0 Å². The number of rotatable bonds is 19. The number of carbonyl (C=O) groups is 9. The number of benzene rings is 2. The molecule has 0 bridgehead atoms. The Kier molecular flexibility index (Phi) is 23.7. The van der Waals surface area contributed by atoms with Gasteiger partial charge in [0.05, 0.1) is 13.1 Å². The zero-order valence-corrected chi connectivity index (χ0v) is 39.2. The molecule has 22 heteroatoms. The Morgan fingerprint density at radius 2 is 1.34 bits per heavy atom. The lowest BCUT2D eigenvalue weighted by Gasteiger charge is -2.30. The fourth-order valence-corrected chi connectivity index (χ4v) is 7.45. The van der Waals surface area contributed by atoms with Gasteiger partial charge in [0.2, 0.25) is 53.2 Å². The fraction of sp³-hybridized carbons (Fsp3) is 0.511. The van der Waals surface area contributed by atoms with E-state index in [1.165, 1.54) is 11.8 Å². The Morgan fingerprint density at radius 3 is 1.93 bits per heavy atom. The number of primary amides is 1. The van der Waals surface area contributed by atoms with Crippen LogP contribution in [-0.2, 0) is 56.0 Å². The van der Waals surface area contributed by atoms with Gasteiger partial charge >= 0.3 is 0 Å². The fourth-order valence-electron chi connectivity index (χ4n) is 6.98. The lowest BCUT2D eigenvalue weighted by Crippen LogP contribution is -2.59. The molecular weight excluding hydrogens is 885 g/mol. The Labute approximate surface area is 395 Å². The number of nitrogens with two attached hydrogens (primary N) is 3. The number of nitrogens with one attached hydrogen (secondary N) is 7. The van der Waals surface area contributed by atoms with E-state index in [1.54, 1.807) is 60.7 Å². The average Bonchev–Trinajstić information content (AvgIpc) is 3.28. The molecule has 0 aliphatic carbocycles. The highest BCUT2D eigenvalue weighted by Gasteiger charge is 2.34. The number of carbonyl (C=O) groups excluding carboxylic acids is 9. The second-order valence-electron chi connectivity index (χ2n) is 16.5. The van der Waals surface area contributed by atoms with Crippen LogP contribution in [0.3, 0.4) is 0 Å². The molecule has 1 aliphatic rings. The maximum absolute atomic E-state index is 14.8. The second kappa shape index (κ2) is 29.0. The first-order valence-electron chi connectivity index (χ1n) is 22.2. The Bertz CT molecular complexity index is 2020. The summed E-state index contributed by atoms with van der Waals surface area (Å²) in [6.07, 6.45) is 1.85. The van der Waals surface area contributed by atoms with Gasteiger partial charge in [0.25, 0.3) is 0 Å². The molecule has 366 valence electrons. The lowest BCUT2D eigenvalue weighted by molar-refractivity contribution is -0.141. The van der Waals surface area contributed by atoms with E-state index < -0.39 is 96.5 Å². The van der Waals surface area contributed by atoms with E-state index >= 15 is 0 Å². The van der Waals surface area contributed by atoms with Crippen LogP contribution in [0.15, 0.2) is 65.7 Å². The number of nitrogens with zero attached hydrogens (tertiary/aromatic N) is 2. The summed E-state index contributed by atoms with van der Waals surface area (Å²) in [7, 11) is 0. The third-order valence-corrected chi connectivity index (χ3v) is 11.1. The van der Waals surface area contributed by atoms with Crippen molar-refractivity contribution in [3.8, 4) is 0 Å². The van der Waals surface area contributed by atoms with Crippen LogP contribution in [0.1, 0.15) is 63.5 Å². The molecule has 2 aromatic carbocycles. The van der Waals surface area contributed by atoms with Crippen LogP contribution in [-0.4, -0.2) is 139 Å². The van der Waals surface area contributed by atoms with Gasteiger partial charge in [0, 0.05) is 45.3 Å². The van der Waals surface area contributed by atoms with Gasteiger partial charge in [0.15, 0.2) is 5.96 Å². The molecule has 1 heterocycles. The molecule has 0 radical (unpaired) electrons. The van der Waals surface area contributed by atoms with Crippen molar-refractivity contribution in [3.05, 3.63) is 71.8 Å². The van der Waals surface area contributed by atoms with Crippen LogP contribution in [0, 0.1) is 5.92 Å². The molecule has 0 aromatic heterocycles. The van der Waals surface area contributed by atoms with Crippen molar-refractivity contribution >= 4 is 70.9 Å². The van der Waals surface area contributed by atoms with Gasteiger partial charge in [-0.25, -0.2) is 0 Å². The molecule has 1 saturated heterocycles. The van der Waals surface area contributed by atoms with Crippen molar-refractivity contribution in [2.24, 2.45) is 28.1 Å². The molecular formula is C45H66N12O9S. The van der Waals surface area contributed by atoms with E-state index in [0.717, 1.165) is 4.90 Å². The number of thioether (sulfide) groups is 1. The van der Waals surface area contributed by atoms with E-state index in [4.69, 9.17) is 17.2 Å². The molecule has 3 rings (SSSR count). The monoisotopic (exact) mass is 950 g/mol. The van der Waals surface area contributed by atoms with Crippen LogP contribution in [0.2, 0.25) is 0 Å². The van der Waals surface area contributed by atoms with Crippen molar-refractivity contribution < 1.29 is 43.2 Å². The molecule has 0 spiro atoms. The Morgan fingerprint density at radius 1 is 0.761 bits per heavy atom. The largest absolute Gasteiger partial charge is 0.370 e. The quantitative estimate of drug-likeness (QED) is 0.0419. The number of guanidine groups is 1. The van der Waals surface area contributed by atoms with Crippen molar-refractivity contribution in [2.45, 2.75) is 95.4 Å². The van der Waals surface area contributed by atoms with Crippen LogP contribution >= 0.6 is 11.8 Å². The van der Waals surface area contributed by atoms with Gasteiger partial charge in [0.1, 0.15) is 30.2 Å². The lowest BCUT2D eigenvalue weighted by atomic mass is 10.0. The highest BCUT2D eigenvalue weighted by molar-refractivity contribution is 7.98. The molecule has 21 nitrogen and oxygen atoms in total. The van der Waals surface area contributed by atoms with Gasteiger partial charge in [-0.1, -0.05) is 74.5 Å². The predicted molar refractivity (Wildman–Crippen MR) is 253 cm³/mol. The van der Waals surface area contributed by atoms with Crippen LogP contribution in [0.25, 0.3) is 0 Å². The van der Waals surface area contributed by atoms with Crippen molar-refractivity contribution in [2.75, 3.05) is 44.7 Å². The topological polar surface area (TPSA) is 331 Å². The smallest absolute Gasteiger partial charge is 0.246 e. The third kappa shape index (κ3) is 21.0. The van der Waals surface area contributed by atoms with E-state index in [9.17, 15) is 43.2 Å². The second-order valence-corrected chi connectivity index (χ2v) is 17.4. The molecule has 5 atom stereocenters. The molecule has 67 heavy (non-hydrogen) atoms. The van der Waals surface area contributed by atoms with Gasteiger partial charge in [-0.15, -0.1) is 0 Å². The standard InChI is InChI=1S/C45H66N12O9S/c1-28(2)23-33(42(64)54-31(40(46)62)18-22-67-3)53-39(61)27-57-21-20-49-36(58)16-17-37(59)51-26-38(60)52-32(15-10-19-50-45(47)48)41(63)55-34(24-29-11-6-4-7-12-29)43(65)56-35(44(57)66)25-30-13-8-5-9-14-30/h4-9,11-14,28,31-35H,10,15-27H2,1-3H3,(H2,46,62)(H,49,58)(H,51,59)(H,52,60)(H,53,61)(H,54,64)(H,55,63)(H,56,65)(H4,47,48,50)/t31-,32-,33-,34+,35-/m0/s1. The summed E-state index contributed by atoms with van der Waals surface area (Å²) in [5.74, 6) is -6.02. The number of amides is 9. The summed E-state index contributed by atoms with van der Waals surface area (Å²) < 4.78 is 0. The van der Waals surface area contributed by atoms with Crippen LogP contribution in [0.5, 0.6) is 0 Å². The number of hydrogen-bond donors (Lipinski definition) is 10. The molecule has 9 amide bonds. The number of hydrogen-bond acceptors (Lipinski definition) is 11. The van der Waals surface area contributed by atoms with Gasteiger partial charge in [-0.05, 0) is 54.7 Å². The summed E-state index contributed by atoms with van der Waals surface area (Å²) in [5.41, 5.74) is 17.8. The average molecular weight is 951 g/mol. The van der Waals surface area contributed by atoms with E-state index in [0.29, 0.717) is 16.9 Å². The van der Waals surface area contributed by atoms with Crippen molar-refractivity contribution in [1.29, 1.82) is 0 Å². The zero-order chi connectivity index (χ0) is 49.3. The molecule has 0 unspecified atom stereocenters. The minimum Gasteiger partial charge on any atom is -0.370 e. The maximum Gasteiger partial charge on any atom is 0.246 e. The molecule has 1 aliphatic heterocycles. The summed E-state index contributed by atoms with van der Waals surface area (Å²) in [6, 6.07) is 11.6. The maximum atomic E-state index is 14.8. The van der Waals surface area contributed by atoms with E-state index in [1.807, 2.05) is 20.1 Å². The molecule has 1 fully saturated rings. The Hall–Kier alpha value is -6.71. The molecule has 2 aromatic rings. The third-order valence-electron chi connectivity index (χ3n) is 10.4. The Balaban J connectivity index is 2.06. The summed E-state index contributed by atoms with van der Waals surface area (Å²) in [6.45, 7) is 2.22. The van der Waals surface area contributed by atoms with Crippen molar-refractivity contribution in [3.63, 3.8) is 0 Å². The number of aliphatic imine (C=N–C) groups is 1. The van der Waals surface area contributed by atoms with Gasteiger partial charge in [-0.3, -0.25) is 48.1 Å². The highest BCUT2D eigenvalue weighted by atomic mass is 32.2. The first-order chi connectivity index (χ1) is 31.9. The van der Waals surface area contributed by atoms with Crippen molar-refractivity contribution in [1.82, 2.24) is 42.1 Å². The van der Waals surface area contributed by atoms with E-state index in [-0.39, 0.29) is 82.9 Å². The molecule has 0 saturated carbocycles. The minimum absolute atomic E-state index is 0.0255. The highest BCUT2D eigenvalue weighted by Crippen LogP contribution is 2.12. The van der Waals surface area contributed by atoms with Gasteiger partial charge in [-0.2, -0.15) is 11.8 Å². The first kappa shape index (κ1) is 54.6. The minimum atomic E-state index is -1.35. The van der Waals surface area contributed by atoms with Gasteiger partial charge < -0.3 is 59.3 Å². The molecule has 13 N–H and O–H groups in total. The zero-order valence-electron chi connectivity index (χ0n) is 38.3. The summed E-state index contributed by atoms with van der Waals surface area (Å²) in [4.78, 5) is 127.